The number of aryl methyl sites for hydroxylation is 1. The molecule has 0 spiro atoms. The number of nitrogens with one attached hydrogen (secondary N) is 1. The van der Waals surface area contributed by atoms with Crippen LogP contribution in [0.3, 0.4) is 0 Å². The minimum absolute atomic E-state index is 0.308. The molecule has 0 unspecified atom stereocenters. The van der Waals surface area contributed by atoms with Crippen LogP contribution in [0.1, 0.15) is 26.2 Å². The zero-order chi connectivity index (χ0) is 14.7. The van der Waals surface area contributed by atoms with Crippen LogP contribution < -0.4 is 5.32 Å². The van der Waals surface area contributed by atoms with Crippen LogP contribution in [-0.2, 0) is 4.79 Å². The van der Waals surface area contributed by atoms with Crippen LogP contribution in [0.25, 0.3) is 0 Å². The number of carbonyl (C=O) groups excluding carboxylic acids is 1. The van der Waals surface area contributed by atoms with Crippen LogP contribution in [0.5, 0.6) is 0 Å². The highest BCUT2D eigenvalue weighted by Gasteiger charge is 2.25. The number of benzene rings is 1. The molecule has 0 saturated heterocycles. The molecule has 4 nitrogen and oxygen atoms in total. The van der Waals surface area contributed by atoms with Crippen LogP contribution in [0.15, 0.2) is 36.4 Å². The van der Waals surface area contributed by atoms with Crippen molar-refractivity contribution in [2.24, 2.45) is 0 Å². The van der Waals surface area contributed by atoms with Gasteiger partial charge in [0.2, 0.25) is 0 Å². The number of amides is 1. The maximum Gasteiger partial charge on any atom is 0.330 e. The topological polar surface area (TPSA) is 66.4 Å². The fraction of sp³-hybridized carbons (Fsp3) is 0.143. The molecule has 1 heterocycles. The zero-order valence-electron chi connectivity index (χ0n) is 10.6. The fourth-order valence-electron chi connectivity index (χ4n) is 1.74. The van der Waals surface area contributed by atoms with Crippen molar-refractivity contribution in [2.75, 3.05) is 0 Å². The molecule has 0 saturated carbocycles. The van der Waals surface area contributed by atoms with Crippen LogP contribution >= 0.6 is 22.9 Å². The van der Waals surface area contributed by atoms with Crippen LogP contribution in [0.2, 0.25) is 5.02 Å². The quantitative estimate of drug-likeness (QED) is 0.911. The molecule has 1 atom stereocenters. The van der Waals surface area contributed by atoms with Gasteiger partial charge in [0.25, 0.3) is 5.91 Å². The van der Waals surface area contributed by atoms with E-state index in [1.165, 1.54) is 11.3 Å². The molecule has 0 aliphatic heterocycles. The van der Waals surface area contributed by atoms with Crippen LogP contribution in [0.4, 0.5) is 0 Å². The van der Waals surface area contributed by atoms with Gasteiger partial charge in [-0.2, -0.15) is 0 Å². The summed E-state index contributed by atoms with van der Waals surface area (Å²) < 4.78 is 0. The van der Waals surface area contributed by atoms with E-state index in [0.29, 0.717) is 15.5 Å². The van der Waals surface area contributed by atoms with Gasteiger partial charge in [0, 0.05) is 15.5 Å². The normalized spacial score (nSPS) is 11.9. The molecular weight excluding hydrogens is 298 g/mol. The second-order valence-corrected chi connectivity index (χ2v) is 5.87. The van der Waals surface area contributed by atoms with Gasteiger partial charge in [-0.15, -0.1) is 11.3 Å². The van der Waals surface area contributed by atoms with Gasteiger partial charge in [-0.3, -0.25) is 4.79 Å². The lowest BCUT2D eigenvalue weighted by atomic mass is 10.1. The molecule has 0 radical (unpaired) electrons. The third-order valence-corrected chi connectivity index (χ3v) is 4.05. The first kappa shape index (κ1) is 14.6. The van der Waals surface area contributed by atoms with Crippen molar-refractivity contribution in [2.45, 2.75) is 13.0 Å². The number of carbonyl (C=O) groups is 2. The minimum atomic E-state index is -1.17. The Morgan fingerprint density at radius 1 is 1.25 bits per heavy atom. The average molecular weight is 310 g/mol. The van der Waals surface area contributed by atoms with Gasteiger partial charge in [0.1, 0.15) is 0 Å². The molecule has 1 aromatic heterocycles. The predicted molar refractivity (Wildman–Crippen MR) is 78.4 cm³/mol. The minimum Gasteiger partial charge on any atom is -0.479 e. The predicted octanol–water partition coefficient (Wildman–Crippen LogP) is 3.27. The molecule has 6 heteroatoms. The lowest BCUT2D eigenvalue weighted by Gasteiger charge is -2.15. The maximum atomic E-state index is 12.1. The molecule has 104 valence electrons. The third kappa shape index (κ3) is 3.18. The van der Waals surface area contributed by atoms with E-state index in [0.717, 1.165) is 4.88 Å². The van der Waals surface area contributed by atoms with Crippen LogP contribution in [-0.4, -0.2) is 17.0 Å². The maximum absolute atomic E-state index is 12.1. The summed E-state index contributed by atoms with van der Waals surface area (Å²) in [5.74, 6) is -1.57. The van der Waals surface area contributed by atoms with E-state index in [2.05, 4.69) is 5.32 Å². The van der Waals surface area contributed by atoms with Gasteiger partial charge >= 0.3 is 5.97 Å². The smallest absolute Gasteiger partial charge is 0.330 e. The molecule has 2 N–H and O–H groups in total. The van der Waals surface area contributed by atoms with Crippen molar-refractivity contribution in [3.8, 4) is 0 Å². The molecule has 0 fully saturated rings. The van der Waals surface area contributed by atoms with E-state index >= 15 is 0 Å². The first-order chi connectivity index (χ1) is 9.49. The highest BCUT2D eigenvalue weighted by atomic mass is 35.5. The lowest BCUT2D eigenvalue weighted by Crippen LogP contribution is -2.33. The summed E-state index contributed by atoms with van der Waals surface area (Å²) in [6.07, 6.45) is 0. The Balaban J connectivity index is 2.25. The second kappa shape index (κ2) is 6.07. The van der Waals surface area contributed by atoms with Crippen molar-refractivity contribution < 1.29 is 14.7 Å². The number of aliphatic carboxylic acids is 1. The van der Waals surface area contributed by atoms with Crippen molar-refractivity contribution in [1.29, 1.82) is 0 Å². The third-order valence-electron chi connectivity index (χ3n) is 2.70. The second-order valence-electron chi connectivity index (χ2n) is 4.18. The number of thiophene rings is 1. The number of hydrogen-bond acceptors (Lipinski definition) is 3. The molecule has 0 aliphatic rings. The molecular formula is C14H12ClNO3S. The van der Waals surface area contributed by atoms with E-state index in [-0.39, 0.29) is 0 Å². The summed E-state index contributed by atoms with van der Waals surface area (Å²) >= 11 is 7.30. The monoisotopic (exact) mass is 309 g/mol. The number of halogens is 1. The highest BCUT2D eigenvalue weighted by Crippen LogP contribution is 2.24. The van der Waals surface area contributed by atoms with E-state index in [1.807, 2.05) is 13.0 Å². The Bertz CT molecular complexity index is 653. The van der Waals surface area contributed by atoms with Crippen LogP contribution in [0, 0.1) is 6.92 Å². The molecule has 0 aliphatic carbocycles. The van der Waals surface area contributed by atoms with E-state index in [4.69, 9.17) is 11.6 Å². The average Bonchev–Trinajstić information content (AvgIpc) is 2.83. The summed E-state index contributed by atoms with van der Waals surface area (Å²) in [6.45, 7) is 1.88. The summed E-state index contributed by atoms with van der Waals surface area (Å²) in [5.41, 5.74) is 0.364. The Morgan fingerprint density at radius 3 is 2.50 bits per heavy atom. The number of hydrogen-bond donors (Lipinski definition) is 2. The number of carboxylic acids is 1. The van der Waals surface area contributed by atoms with Crippen molar-refractivity contribution in [1.82, 2.24) is 5.32 Å². The van der Waals surface area contributed by atoms with E-state index in [1.54, 1.807) is 30.3 Å². The van der Waals surface area contributed by atoms with Crippen molar-refractivity contribution in [3.63, 3.8) is 0 Å². The van der Waals surface area contributed by atoms with Gasteiger partial charge in [-0.25, -0.2) is 4.79 Å². The highest BCUT2D eigenvalue weighted by molar-refractivity contribution is 7.13. The lowest BCUT2D eigenvalue weighted by molar-refractivity contribution is -0.139. The SMILES string of the molecule is Cc1ccc(C(=O)N[C@@H](C(=O)O)c2ccccc2Cl)s1. The Labute approximate surface area is 125 Å². The Kier molecular flexibility index (Phi) is 4.42. The number of carboxylic acid groups (broad SMARTS) is 1. The molecule has 1 amide bonds. The number of rotatable bonds is 4. The molecule has 0 bridgehead atoms. The summed E-state index contributed by atoms with van der Waals surface area (Å²) in [7, 11) is 0. The fourth-order valence-corrected chi connectivity index (χ4v) is 2.76. The molecule has 2 aromatic rings. The van der Waals surface area contributed by atoms with Crippen molar-refractivity contribution >= 4 is 34.8 Å². The summed E-state index contributed by atoms with van der Waals surface area (Å²) in [5, 5.41) is 12.1. The summed E-state index contributed by atoms with van der Waals surface area (Å²) in [4.78, 5) is 24.9. The Hall–Kier alpha value is -1.85. The van der Waals surface area contributed by atoms with E-state index in [9.17, 15) is 14.7 Å². The largest absolute Gasteiger partial charge is 0.479 e. The van der Waals surface area contributed by atoms with Gasteiger partial charge in [0.15, 0.2) is 6.04 Å². The first-order valence-electron chi connectivity index (χ1n) is 5.83. The molecule has 1 aromatic carbocycles. The van der Waals surface area contributed by atoms with Gasteiger partial charge in [-0.05, 0) is 25.1 Å². The van der Waals surface area contributed by atoms with Gasteiger partial charge in [0.05, 0.1) is 4.88 Å². The standard InChI is InChI=1S/C14H12ClNO3S/c1-8-6-7-11(20-8)13(17)16-12(14(18)19)9-4-2-3-5-10(9)15/h2-7,12H,1H3,(H,16,17)(H,18,19)/t12-/m1/s1. The first-order valence-corrected chi connectivity index (χ1v) is 7.03. The van der Waals surface area contributed by atoms with E-state index < -0.39 is 17.9 Å². The Morgan fingerprint density at radius 2 is 1.95 bits per heavy atom. The zero-order valence-corrected chi connectivity index (χ0v) is 12.2. The summed E-state index contributed by atoms with van der Waals surface area (Å²) in [6, 6.07) is 8.87. The molecule has 20 heavy (non-hydrogen) atoms. The molecule has 2 rings (SSSR count). The van der Waals surface area contributed by atoms with Crippen molar-refractivity contribution in [3.05, 3.63) is 56.7 Å². The van der Waals surface area contributed by atoms with Gasteiger partial charge in [-0.1, -0.05) is 29.8 Å². The van der Waals surface area contributed by atoms with Gasteiger partial charge < -0.3 is 10.4 Å².